The van der Waals surface area contributed by atoms with E-state index < -0.39 is 6.10 Å². The maximum Gasteiger partial charge on any atom is 0.129 e. The van der Waals surface area contributed by atoms with Gasteiger partial charge in [0.25, 0.3) is 0 Å². The van der Waals surface area contributed by atoms with Gasteiger partial charge in [-0.3, -0.25) is 4.68 Å². The molecule has 3 aromatic heterocycles. The minimum Gasteiger partial charge on any atom is -0.390 e. The van der Waals surface area contributed by atoms with Gasteiger partial charge in [0.1, 0.15) is 11.6 Å². The van der Waals surface area contributed by atoms with Gasteiger partial charge in [0, 0.05) is 84.3 Å². The van der Waals surface area contributed by atoms with Gasteiger partial charge in [-0.15, -0.1) is 0 Å². The van der Waals surface area contributed by atoms with Crippen molar-refractivity contribution in [2.24, 2.45) is 7.05 Å². The topological polar surface area (TPSA) is 82.0 Å². The fourth-order valence-corrected chi connectivity index (χ4v) is 4.57. The van der Waals surface area contributed by atoms with E-state index in [2.05, 4.69) is 31.3 Å². The molecule has 5 rings (SSSR count). The van der Waals surface area contributed by atoms with Crippen LogP contribution in [0.25, 0.3) is 22.4 Å². The summed E-state index contributed by atoms with van der Waals surface area (Å²) in [4.78, 5) is 10.00. The molecule has 1 aliphatic rings. The van der Waals surface area contributed by atoms with E-state index in [1.807, 2.05) is 44.0 Å². The first kappa shape index (κ1) is 22.6. The Bertz CT molecular complexity index is 1250. The molecule has 0 saturated carbocycles. The molecule has 0 radical (unpaired) electrons. The summed E-state index contributed by atoms with van der Waals surface area (Å²) >= 11 is 6.11. The average molecular weight is 481 g/mol. The molecule has 3 N–H and O–H groups in total. The van der Waals surface area contributed by atoms with Crippen molar-refractivity contribution in [3.8, 4) is 22.4 Å². The fourth-order valence-electron chi connectivity index (χ4n) is 4.34. The highest BCUT2D eigenvalue weighted by Gasteiger charge is 2.28. The Morgan fingerprint density at radius 1 is 1.21 bits per heavy atom. The second kappa shape index (κ2) is 9.58. The summed E-state index contributed by atoms with van der Waals surface area (Å²) in [5.41, 5.74) is 4.51. The highest BCUT2D eigenvalue weighted by molar-refractivity contribution is 6.31. The summed E-state index contributed by atoms with van der Waals surface area (Å²) < 4.78 is 15.8. The second-order valence-corrected chi connectivity index (χ2v) is 9.01. The summed E-state index contributed by atoms with van der Waals surface area (Å²) in [5, 5.41) is 18.6. The molecule has 1 saturated heterocycles. The maximum absolute atomic E-state index is 14.0. The van der Waals surface area contributed by atoms with Crippen LogP contribution in [0.15, 0.2) is 61.2 Å². The number of H-pyrrole nitrogens is 1. The van der Waals surface area contributed by atoms with Crippen LogP contribution < -0.4 is 10.2 Å². The molecular formula is C25H26ClFN6O. The maximum atomic E-state index is 14.0. The van der Waals surface area contributed by atoms with Crippen LogP contribution >= 0.6 is 11.6 Å². The second-order valence-electron chi connectivity index (χ2n) is 8.60. The molecule has 0 spiro atoms. The predicted molar refractivity (Wildman–Crippen MR) is 131 cm³/mol. The molecule has 4 heterocycles. The van der Waals surface area contributed by atoms with Gasteiger partial charge in [-0.1, -0.05) is 17.7 Å². The van der Waals surface area contributed by atoms with Crippen molar-refractivity contribution in [2.45, 2.75) is 25.1 Å². The van der Waals surface area contributed by atoms with Gasteiger partial charge in [-0.2, -0.15) is 5.10 Å². The van der Waals surface area contributed by atoms with Gasteiger partial charge < -0.3 is 20.3 Å². The zero-order chi connectivity index (χ0) is 23.7. The number of nitrogens with zero attached hydrogens (tertiary/aromatic N) is 4. The first-order valence-electron chi connectivity index (χ1n) is 11.2. The Hall–Kier alpha value is -3.20. The first-order valence-corrected chi connectivity index (χ1v) is 11.6. The van der Waals surface area contributed by atoms with Crippen molar-refractivity contribution in [1.29, 1.82) is 0 Å². The van der Waals surface area contributed by atoms with Gasteiger partial charge in [-0.25, -0.2) is 9.37 Å². The van der Waals surface area contributed by atoms with E-state index in [1.165, 1.54) is 6.07 Å². The normalized spacial score (nSPS) is 18.4. The highest BCUT2D eigenvalue weighted by atomic mass is 35.5. The van der Waals surface area contributed by atoms with Gasteiger partial charge in [-0.05, 0) is 36.8 Å². The molecule has 0 aliphatic carbocycles. The quantitative estimate of drug-likeness (QED) is 0.388. The van der Waals surface area contributed by atoms with E-state index in [1.54, 1.807) is 16.8 Å². The molecular weight excluding hydrogens is 455 g/mol. The van der Waals surface area contributed by atoms with Crippen LogP contribution in [0.1, 0.15) is 12.0 Å². The third kappa shape index (κ3) is 4.70. The van der Waals surface area contributed by atoms with Gasteiger partial charge in [0.05, 0.1) is 12.3 Å². The summed E-state index contributed by atoms with van der Waals surface area (Å²) in [6, 6.07) is 10.6. The number of anilines is 1. The summed E-state index contributed by atoms with van der Waals surface area (Å²) in [5.74, 6) is 0.479. The largest absolute Gasteiger partial charge is 0.390 e. The van der Waals surface area contributed by atoms with Crippen LogP contribution in [0, 0.1) is 5.82 Å². The number of aryl methyl sites for hydroxylation is 1. The van der Waals surface area contributed by atoms with Crippen molar-refractivity contribution in [3.63, 3.8) is 0 Å². The summed E-state index contributed by atoms with van der Waals surface area (Å²) in [6.45, 7) is 1.46. The van der Waals surface area contributed by atoms with Crippen LogP contribution in [0.3, 0.4) is 0 Å². The lowest BCUT2D eigenvalue weighted by Gasteiger charge is -2.37. The van der Waals surface area contributed by atoms with E-state index in [4.69, 9.17) is 11.6 Å². The van der Waals surface area contributed by atoms with E-state index in [0.29, 0.717) is 23.6 Å². The molecule has 9 heteroatoms. The number of aromatic amines is 1. The van der Waals surface area contributed by atoms with Crippen molar-refractivity contribution >= 4 is 17.4 Å². The summed E-state index contributed by atoms with van der Waals surface area (Å²) in [6.07, 6.45) is 7.71. The number of halogens is 2. The standard InChI is InChI=1S/C25H26ClFN6O/c1-32-14-18(12-31-32)23-9-17(11-28-23)16-5-6-25(30-10-16)33-8-7-22(24(34)15-33)29-13-19-20(26)3-2-4-21(19)27/h2-6,9-12,14,22,24,28-29,34H,7-8,13,15H2,1H3/t22-,24+/m0/s1. The average Bonchev–Trinajstić information content (AvgIpc) is 3.49. The smallest absolute Gasteiger partial charge is 0.129 e. The monoisotopic (exact) mass is 480 g/mol. The number of benzene rings is 1. The van der Waals surface area contributed by atoms with Crippen molar-refractivity contribution in [3.05, 3.63) is 77.6 Å². The molecule has 0 bridgehead atoms. The van der Waals surface area contributed by atoms with E-state index >= 15 is 0 Å². The molecule has 176 valence electrons. The van der Waals surface area contributed by atoms with Gasteiger partial charge in [0.15, 0.2) is 0 Å². The number of aliphatic hydroxyl groups is 1. The lowest BCUT2D eigenvalue weighted by Crippen LogP contribution is -2.52. The number of nitrogens with one attached hydrogen (secondary N) is 2. The van der Waals surface area contributed by atoms with Gasteiger partial charge in [0.2, 0.25) is 0 Å². The Labute approximate surface area is 202 Å². The van der Waals surface area contributed by atoms with Crippen LogP contribution in [0.4, 0.5) is 10.2 Å². The van der Waals surface area contributed by atoms with Crippen molar-refractivity contribution < 1.29 is 9.50 Å². The molecule has 7 nitrogen and oxygen atoms in total. The van der Waals surface area contributed by atoms with Crippen LogP contribution in [0.2, 0.25) is 5.02 Å². The third-order valence-electron chi connectivity index (χ3n) is 6.29. The van der Waals surface area contributed by atoms with E-state index in [9.17, 15) is 9.50 Å². The Kier molecular flexibility index (Phi) is 6.36. The minimum atomic E-state index is -0.604. The number of β-amino-alcohol motifs (C(OH)–C–C–N with tert-alkyl or cyclic N) is 1. The Morgan fingerprint density at radius 3 is 2.79 bits per heavy atom. The molecule has 1 aliphatic heterocycles. The van der Waals surface area contributed by atoms with Crippen molar-refractivity contribution in [2.75, 3.05) is 18.0 Å². The number of rotatable bonds is 6. The molecule has 4 aromatic rings. The Morgan fingerprint density at radius 2 is 2.09 bits per heavy atom. The highest BCUT2D eigenvalue weighted by Crippen LogP contribution is 2.27. The molecule has 1 fully saturated rings. The Balaban J connectivity index is 1.20. The SMILES string of the molecule is Cn1cc(-c2cc(-c3ccc(N4CC[C@H](NCc5c(F)cccc5Cl)[C@H](O)C4)nc3)c[nH]2)cn1. The molecule has 34 heavy (non-hydrogen) atoms. The van der Waals surface area contributed by atoms with Gasteiger partial charge >= 0.3 is 0 Å². The van der Waals surface area contributed by atoms with Crippen molar-refractivity contribution in [1.82, 2.24) is 25.1 Å². The minimum absolute atomic E-state index is 0.142. The zero-order valence-electron chi connectivity index (χ0n) is 18.7. The number of aromatic nitrogens is 4. The predicted octanol–water partition coefficient (Wildman–Crippen LogP) is 4.00. The number of hydrogen-bond acceptors (Lipinski definition) is 5. The number of pyridine rings is 1. The number of aliphatic hydroxyl groups excluding tert-OH is 1. The number of hydrogen-bond donors (Lipinski definition) is 3. The molecule has 1 aromatic carbocycles. The lowest BCUT2D eigenvalue weighted by molar-refractivity contribution is 0.112. The molecule has 0 amide bonds. The van der Waals surface area contributed by atoms with E-state index in [-0.39, 0.29) is 18.4 Å². The van der Waals surface area contributed by atoms with Crippen LogP contribution in [0.5, 0.6) is 0 Å². The molecule has 2 atom stereocenters. The number of piperidine rings is 1. The zero-order valence-corrected chi connectivity index (χ0v) is 19.5. The lowest BCUT2D eigenvalue weighted by atomic mass is 10.0. The van der Waals surface area contributed by atoms with E-state index in [0.717, 1.165) is 34.7 Å². The fraction of sp³-hybridized carbons (Fsp3) is 0.280. The molecule has 0 unspecified atom stereocenters. The van der Waals surface area contributed by atoms with Crippen LogP contribution in [-0.4, -0.2) is 50.1 Å². The first-order chi connectivity index (χ1) is 16.5. The van der Waals surface area contributed by atoms with Crippen LogP contribution in [-0.2, 0) is 13.6 Å². The summed E-state index contributed by atoms with van der Waals surface area (Å²) in [7, 11) is 1.89. The third-order valence-corrected chi connectivity index (χ3v) is 6.64.